The Bertz CT molecular complexity index is 2040. The molecule has 0 saturated heterocycles. The average Bonchev–Trinajstić information content (AvgIpc) is 3.75. The van der Waals surface area contributed by atoms with E-state index in [2.05, 4.69) is 142 Å². The van der Waals surface area contributed by atoms with Gasteiger partial charge in [0.1, 0.15) is 0 Å². The van der Waals surface area contributed by atoms with Crippen LogP contribution in [0.25, 0.3) is 22.5 Å². The summed E-state index contributed by atoms with van der Waals surface area (Å²) >= 11 is 3.45. The van der Waals surface area contributed by atoms with Gasteiger partial charge in [0.15, 0.2) is 0 Å². The topological polar surface area (TPSA) is 67.4 Å². The van der Waals surface area contributed by atoms with Gasteiger partial charge in [-0.1, -0.05) is 71.8 Å². The summed E-state index contributed by atoms with van der Waals surface area (Å²) < 4.78 is 0. The molecular weight excluding hydrogens is 639 g/mol. The van der Waals surface area contributed by atoms with Crippen LogP contribution in [0, 0.1) is 41.5 Å². The molecule has 5 nitrogen and oxygen atoms in total. The van der Waals surface area contributed by atoms with Crippen molar-refractivity contribution in [3.63, 3.8) is 0 Å². The third kappa shape index (κ3) is 9.52. The van der Waals surface area contributed by atoms with Crippen LogP contribution < -0.4 is 5.73 Å². The molecule has 7 heteroatoms. The number of benzene rings is 4. The first kappa shape index (κ1) is 35.7. The van der Waals surface area contributed by atoms with E-state index in [1.165, 1.54) is 50.1 Å². The minimum absolute atomic E-state index is 0.862. The number of hydrogen-bond acceptors (Lipinski definition) is 6. The van der Waals surface area contributed by atoms with Crippen LogP contribution in [0.1, 0.15) is 61.4 Å². The fourth-order valence-corrected chi connectivity index (χ4v) is 7.00. The number of aliphatic imine (C=N–C) groups is 1. The molecule has 2 N–H and O–H groups in total. The lowest BCUT2D eigenvalue weighted by Crippen LogP contribution is -2.14. The molecule has 4 aromatic carbocycles. The monoisotopic (exact) mass is 685 g/mol. The molecule has 2 heterocycles. The molecule has 0 amide bonds. The molecule has 49 heavy (non-hydrogen) atoms. The van der Waals surface area contributed by atoms with Gasteiger partial charge in [0.25, 0.3) is 0 Å². The second-order valence-corrected chi connectivity index (χ2v) is 14.7. The number of aromatic nitrogens is 2. The maximum absolute atomic E-state index is 5.96. The van der Waals surface area contributed by atoms with Crippen LogP contribution in [0.2, 0.25) is 0 Å². The van der Waals surface area contributed by atoms with Crippen LogP contribution in [0.3, 0.4) is 0 Å². The van der Waals surface area contributed by atoms with E-state index in [4.69, 9.17) is 15.7 Å². The highest BCUT2D eigenvalue weighted by atomic mass is 32.1. The number of nitrogens with zero attached hydrogens (tertiary/aromatic N) is 4. The van der Waals surface area contributed by atoms with Crippen molar-refractivity contribution in [2.75, 3.05) is 19.3 Å². The molecule has 0 unspecified atom stereocenters. The van der Waals surface area contributed by atoms with Crippen LogP contribution in [-0.2, 0) is 12.8 Å². The number of nitrogens with two attached hydrogens (primary N) is 1. The summed E-state index contributed by atoms with van der Waals surface area (Å²) in [5.41, 5.74) is 22.3. The van der Waals surface area contributed by atoms with Gasteiger partial charge in [0, 0.05) is 54.0 Å². The standard InChI is InChI=1S/C23H27N3S.C19H20N2S/c1-6-26(5)15-24-21-12-17(3)20(11-18(21)4)13-23-25-22(14-27-23)19-9-7-16(2)8-10-19;1-12-4-6-15(7-5-12)18-11-22-19(21-18)10-16-8-14(3)17(20)9-13(16)2/h7-12,14-15H,6,13H2,1-5H3;4-9,11H,10,20H2,1-3H3. The molecule has 6 aromatic rings. The maximum Gasteiger partial charge on any atom is 0.0976 e. The Morgan fingerprint density at radius 1 is 0.653 bits per heavy atom. The molecule has 0 aliphatic carbocycles. The van der Waals surface area contributed by atoms with Gasteiger partial charge in [-0.3, -0.25) is 0 Å². The van der Waals surface area contributed by atoms with Crippen molar-refractivity contribution >= 4 is 40.4 Å². The molecule has 0 radical (unpaired) electrons. The van der Waals surface area contributed by atoms with Gasteiger partial charge in [0.2, 0.25) is 0 Å². The molecule has 0 aliphatic heterocycles. The molecule has 0 spiro atoms. The summed E-state index contributed by atoms with van der Waals surface area (Å²) in [4.78, 5) is 16.3. The zero-order chi connectivity index (χ0) is 35.1. The minimum Gasteiger partial charge on any atom is -0.399 e. The van der Waals surface area contributed by atoms with E-state index in [0.717, 1.165) is 57.7 Å². The van der Waals surface area contributed by atoms with Crippen LogP contribution in [0.15, 0.2) is 88.5 Å². The lowest BCUT2D eigenvalue weighted by Gasteiger charge is -2.11. The fourth-order valence-electron chi connectivity index (χ4n) is 5.35. The highest BCUT2D eigenvalue weighted by Gasteiger charge is 2.11. The van der Waals surface area contributed by atoms with Gasteiger partial charge in [-0.2, -0.15) is 0 Å². The van der Waals surface area contributed by atoms with Crippen LogP contribution in [-0.4, -0.2) is 34.8 Å². The van der Waals surface area contributed by atoms with Crippen molar-refractivity contribution in [1.29, 1.82) is 0 Å². The van der Waals surface area contributed by atoms with E-state index in [-0.39, 0.29) is 0 Å². The lowest BCUT2D eigenvalue weighted by atomic mass is 10.0. The van der Waals surface area contributed by atoms with Gasteiger partial charge in [-0.15, -0.1) is 22.7 Å². The predicted molar refractivity (Wildman–Crippen MR) is 213 cm³/mol. The molecule has 0 atom stereocenters. The third-order valence-corrected chi connectivity index (χ3v) is 10.5. The van der Waals surface area contributed by atoms with Crippen molar-refractivity contribution in [2.45, 2.75) is 61.3 Å². The predicted octanol–water partition coefficient (Wildman–Crippen LogP) is 10.8. The first-order valence-electron chi connectivity index (χ1n) is 16.7. The highest BCUT2D eigenvalue weighted by molar-refractivity contribution is 7.10. The fraction of sp³-hybridized carbons (Fsp3) is 0.262. The zero-order valence-electron chi connectivity index (χ0n) is 30.0. The Balaban J connectivity index is 0.000000195. The van der Waals surface area contributed by atoms with Gasteiger partial charge >= 0.3 is 0 Å². The molecule has 0 bridgehead atoms. The Morgan fingerprint density at radius 3 is 1.61 bits per heavy atom. The summed E-state index contributed by atoms with van der Waals surface area (Å²) in [5.74, 6) is 0. The molecule has 252 valence electrons. The van der Waals surface area contributed by atoms with E-state index in [1.807, 2.05) is 13.4 Å². The number of thiazole rings is 2. The molecule has 0 aliphatic rings. The largest absolute Gasteiger partial charge is 0.399 e. The van der Waals surface area contributed by atoms with Crippen molar-refractivity contribution in [3.8, 4) is 22.5 Å². The van der Waals surface area contributed by atoms with Crippen LogP contribution >= 0.6 is 22.7 Å². The SMILES string of the molecule is CCN(C)C=Nc1cc(C)c(Cc2nc(-c3ccc(C)cc3)cs2)cc1C.Cc1ccc(-c2csc(Cc3cc(C)c(N)cc3C)n2)cc1. The average molecular weight is 686 g/mol. The second-order valence-electron chi connectivity index (χ2n) is 12.9. The van der Waals surface area contributed by atoms with Crippen molar-refractivity contribution in [3.05, 3.63) is 138 Å². The highest BCUT2D eigenvalue weighted by Crippen LogP contribution is 2.29. The summed E-state index contributed by atoms with van der Waals surface area (Å²) in [5, 5.41) is 6.58. The quantitative estimate of drug-likeness (QED) is 0.0934. The van der Waals surface area contributed by atoms with Gasteiger partial charge in [-0.05, 0) is 94.0 Å². The van der Waals surface area contributed by atoms with E-state index < -0.39 is 0 Å². The van der Waals surface area contributed by atoms with Crippen LogP contribution in [0.4, 0.5) is 11.4 Å². The molecule has 0 fully saturated rings. The molecule has 2 aromatic heterocycles. The number of aryl methyl sites for hydroxylation is 6. The summed E-state index contributed by atoms with van der Waals surface area (Å²) in [6.45, 7) is 15.7. The summed E-state index contributed by atoms with van der Waals surface area (Å²) in [6.07, 6.45) is 3.63. The van der Waals surface area contributed by atoms with E-state index in [1.54, 1.807) is 22.7 Å². The number of hydrogen-bond donors (Lipinski definition) is 1. The maximum atomic E-state index is 5.96. The number of nitrogen functional groups attached to an aromatic ring is 1. The zero-order valence-corrected chi connectivity index (χ0v) is 31.6. The molecule has 0 saturated carbocycles. The van der Waals surface area contributed by atoms with Crippen molar-refractivity contribution in [1.82, 2.24) is 14.9 Å². The van der Waals surface area contributed by atoms with E-state index in [0.29, 0.717) is 0 Å². The van der Waals surface area contributed by atoms with Crippen molar-refractivity contribution < 1.29 is 0 Å². The molecular formula is C42H47N5S2. The lowest BCUT2D eigenvalue weighted by molar-refractivity contribution is 0.552. The second kappa shape index (κ2) is 16.2. The number of rotatable bonds is 9. The van der Waals surface area contributed by atoms with Gasteiger partial charge < -0.3 is 10.6 Å². The third-order valence-electron chi connectivity index (χ3n) is 8.75. The number of anilines is 1. The van der Waals surface area contributed by atoms with E-state index in [9.17, 15) is 0 Å². The van der Waals surface area contributed by atoms with E-state index >= 15 is 0 Å². The van der Waals surface area contributed by atoms with Gasteiger partial charge in [0.05, 0.1) is 33.4 Å². The van der Waals surface area contributed by atoms with Crippen molar-refractivity contribution in [2.24, 2.45) is 4.99 Å². The molecule has 6 rings (SSSR count). The first-order chi connectivity index (χ1) is 23.5. The minimum atomic E-state index is 0.862. The Morgan fingerprint density at radius 2 is 1.12 bits per heavy atom. The van der Waals surface area contributed by atoms with Crippen LogP contribution in [0.5, 0.6) is 0 Å². The normalized spacial score (nSPS) is 11.1. The summed E-state index contributed by atoms with van der Waals surface area (Å²) in [6, 6.07) is 25.7. The smallest absolute Gasteiger partial charge is 0.0976 e. The van der Waals surface area contributed by atoms with Gasteiger partial charge in [-0.25, -0.2) is 15.0 Å². The summed E-state index contributed by atoms with van der Waals surface area (Å²) in [7, 11) is 2.04. The Hall–Kier alpha value is -4.59. The first-order valence-corrected chi connectivity index (χ1v) is 18.5. The Labute approximate surface area is 300 Å². The Kier molecular flexibility index (Phi) is 11.8.